The molecule has 0 aliphatic heterocycles. The number of aryl methyl sites for hydroxylation is 1. The fourth-order valence-corrected chi connectivity index (χ4v) is 2.17. The Labute approximate surface area is 102 Å². The maximum absolute atomic E-state index is 12.1. The summed E-state index contributed by atoms with van der Waals surface area (Å²) in [6.45, 7) is 3.01. The van der Waals surface area contributed by atoms with Crippen LogP contribution in [0.1, 0.15) is 30.4 Å². The first-order chi connectivity index (χ1) is 8.18. The monoisotopic (exact) mass is 233 g/mol. The lowest BCUT2D eigenvalue weighted by Crippen LogP contribution is -2.50. The van der Waals surface area contributed by atoms with Gasteiger partial charge in [-0.2, -0.15) is 0 Å². The molecule has 4 nitrogen and oxygen atoms in total. The standard InChI is InChI=1S/C13H19N3O/c1-10-3-6-15-7-11(10)8-16-12(17)13(9-14)4-2-5-13/h3,6-7H,2,4-5,8-9,14H2,1H3,(H,16,17). The minimum absolute atomic E-state index is 0.0921. The SMILES string of the molecule is Cc1ccncc1CNC(=O)C1(CN)CCC1. The molecule has 0 saturated heterocycles. The van der Waals surface area contributed by atoms with Gasteiger partial charge in [-0.25, -0.2) is 0 Å². The fourth-order valence-electron chi connectivity index (χ4n) is 2.17. The number of hydrogen-bond acceptors (Lipinski definition) is 3. The van der Waals surface area contributed by atoms with Crippen molar-refractivity contribution in [3.05, 3.63) is 29.6 Å². The molecule has 0 aromatic carbocycles. The molecule has 4 heteroatoms. The zero-order chi connectivity index (χ0) is 12.3. The molecule has 0 spiro atoms. The predicted octanol–water partition coefficient (Wildman–Crippen LogP) is 1.14. The van der Waals surface area contributed by atoms with Gasteiger partial charge in [0.25, 0.3) is 0 Å². The number of rotatable bonds is 4. The summed E-state index contributed by atoms with van der Waals surface area (Å²) in [6.07, 6.45) is 6.50. The van der Waals surface area contributed by atoms with Gasteiger partial charge in [0.1, 0.15) is 0 Å². The van der Waals surface area contributed by atoms with Crippen LogP contribution in [0.3, 0.4) is 0 Å². The van der Waals surface area contributed by atoms with Crippen molar-refractivity contribution in [3.63, 3.8) is 0 Å². The first-order valence-corrected chi connectivity index (χ1v) is 6.06. The minimum Gasteiger partial charge on any atom is -0.351 e. The van der Waals surface area contributed by atoms with Crippen LogP contribution < -0.4 is 11.1 Å². The van der Waals surface area contributed by atoms with E-state index < -0.39 is 0 Å². The maximum atomic E-state index is 12.1. The van der Waals surface area contributed by atoms with Crippen molar-refractivity contribution in [1.29, 1.82) is 0 Å². The number of pyridine rings is 1. The van der Waals surface area contributed by atoms with E-state index in [9.17, 15) is 4.79 Å². The van der Waals surface area contributed by atoms with Crippen LogP contribution in [0.4, 0.5) is 0 Å². The second kappa shape index (κ2) is 4.84. The predicted molar refractivity (Wildman–Crippen MR) is 66.2 cm³/mol. The molecule has 0 bridgehead atoms. The number of aromatic nitrogens is 1. The Balaban J connectivity index is 1.95. The highest BCUT2D eigenvalue weighted by Crippen LogP contribution is 2.40. The lowest BCUT2D eigenvalue weighted by molar-refractivity contribution is -0.135. The van der Waals surface area contributed by atoms with Crippen LogP contribution in [0.2, 0.25) is 0 Å². The quantitative estimate of drug-likeness (QED) is 0.819. The molecule has 0 radical (unpaired) electrons. The van der Waals surface area contributed by atoms with E-state index in [1.165, 1.54) is 0 Å². The van der Waals surface area contributed by atoms with Crippen molar-refractivity contribution in [2.45, 2.75) is 32.7 Å². The smallest absolute Gasteiger partial charge is 0.227 e. The molecule has 0 atom stereocenters. The van der Waals surface area contributed by atoms with Gasteiger partial charge in [0.05, 0.1) is 5.41 Å². The first kappa shape index (κ1) is 12.0. The number of amides is 1. The fraction of sp³-hybridized carbons (Fsp3) is 0.538. The molecular weight excluding hydrogens is 214 g/mol. The molecule has 0 unspecified atom stereocenters. The Morgan fingerprint density at radius 1 is 1.59 bits per heavy atom. The molecule has 17 heavy (non-hydrogen) atoms. The van der Waals surface area contributed by atoms with Crippen molar-refractivity contribution < 1.29 is 4.79 Å². The number of nitrogens with zero attached hydrogens (tertiary/aromatic N) is 1. The summed E-state index contributed by atoms with van der Waals surface area (Å²) in [5.41, 5.74) is 7.61. The molecule has 1 saturated carbocycles. The Bertz CT molecular complexity index is 407. The van der Waals surface area contributed by atoms with Crippen LogP contribution >= 0.6 is 0 Å². The van der Waals surface area contributed by atoms with E-state index >= 15 is 0 Å². The lowest BCUT2D eigenvalue weighted by Gasteiger charge is -2.39. The summed E-state index contributed by atoms with van der Waals surface area (Å²) in [6, 6.07) is 1.95. The highest BCUT2D eigenvalue weighted by molar-refractivity contribution is 5.83. The van der Waals surface area contributed by atoms with Crippen molar-refractivity contribution in [1.82, 2.24) is 10.3 Å². The molecule has 1 aromatic heterocycles. The average molecular weight is 233 g/mol. The maximum Gasteiger partial charge on any atom is 0.227 e. The number of carbonyl (C=O) groups excluding carboxylic acids is 1. The number of nitrogens with two attached hydrogens (primary N) is 1. The Morgan fingerprint density at radius 3 is 2.88 bits per heavy atom. The summed E-state index contributed by atoms with van der Waals surface area (Å²) in [5, 5.41) is 2.97. The van der Waals surface area contributed by atoms with E-state index in [-0.39, 0.29) is 11.3 Å². The molecule has 1 fully saturated rings. The summed E-state index contributed by atoms with van der Waals surface area (Å²) >= 11 is 0. The van der Waals surface area contributed by atoms with Crippen molar-refractivity contribution in [2.75, 3.05) is 6.54 Å². The van der Waals surface area contributed by atoms with E-state index in [0.717, 1.165) is 30.4 Å². The molecule has 1 aliphatic rings. The lowest BCUT2D eigenvalue weighted by atomic mass is 9.68. The van der Waals surface area contributed by atoms with E-state index in [1.807, 2.05) is 13.0 Å². The highest BCUT2D eigenvalue weighted by Gasteiger charge is 2.42. The second-order valence-electron chi connectivity index (χ2n) is 4.82. The van der Waals surface area contributed by atoms with Crippen LogP contribution in [-0.2, 0) is 11.3 Å². The van der Waals surface area contributed by atoms with E-state index in [0.29, 0.717) is 13.1 Å². The Kier molecular flexibility index (Phi) is 3.43. The van der Waals surface area contributed by atoms with Crippen LogP contribution in [0.15, 0.2) is 18.5 Å². The number of hydrogen-bond donors (Lipinski definition) is 2. The summed E-state index contributed by atoms with van der Waals surface area (Å²) in [4.78, 5) is 16.1. The molecule has 92 valence electrons. The molecule has 1 amide bonds. The third-order valence-corrected chi connectivity index (χ3v) is 3.77. The third kappa shape index (κ3) is 2.31. The van der Waals surface area contributed by atoms with Crippen LogP contribution in [0.5, 0.6) is 0 Å². The van der Waals surface area contributed by atoms with Gasteiger partial charge in [-0.1, -0.05) is 6.42 Å². The third-order valence-electron chi connectivity index (χ3n) is 3.77. The Morgan fingerprint density at radius 2 is 2.35 bits per heavy atom. The van der Waals surface area contributed by atoms with Crippen LogP contribution in [0, 0.1) is 12.3 Å². The van der Waals surface area contributed by atoms with Crippen molar-refractivity contribution >= 4 is 5.91 Å². The number of carbonyl (C=O) groups is 1. The first-order valence-electron chi connectivity index (χ1n) is 6.06. The molecule has 1 aliphatic carbocycles. The summed E-state index contributed by atoms with van der Waals surface area (Å²) < 4.78 is 0. The van der Waals surface area contributed by atoms with E-state index in [4.69, 9.17) is 5.73 Å². The van der Waals surface area contributed by atoms with Gasteiger partial charge < -0.3 is 11.1 Å². The van der Waals surface area contributed by atoms with Gasteiger partial charge in [0, 0.05) is 25.5 Å². The summed E-state index contributed by atoms with van der Waals surface area (Å²) in [5.74, 6) is 0.0921. The largest absolute Gasteiger partial charge is 0.351 e. The van der Waals surface area contributed by atoms with Crippen LogP contribution in [0.25, 0.3) is 0 Å². The van der Waals surface area contributed by atoms with E-state index in [1.54, 1.807) is 12.4 Å². The van der Waals surface area contributed by atoms with Crippen molar-refractivity contribution in [3.8, 4) is 0 Å². The van der Waals surface area contributed by atoms with Gasteiger partial charge >= 0.3 is 0 Å². The topological polar surface area (TPSA) is 68.0 Å². The molecular formula is C13H19N3O. The zero-order valence-electron chi connectivity index (χ0n) is 10.2. The normalized spacial score (nSPS) is 17.3. The van der Waals surface area contributed by atoms with Gasteiger partial charge in [0.15, 0.2) is 0 Å². The van der Waals surface area contributed by atoms with Gasteiger partial charge in [-0.15, -0.1) is 0 Å². The molecule has 1 aromatic rings. The Hall–Kier alpha value is -1.42. The molecule has 3 N–H and O–H groups in total. The summed E-state index contributed by atoms with van der Waals surface area (Å²) in [7, 11) is 0. The average Bonchev–Trinajstić information content (AvgIpc) is 2.27. The second-order valence-corrected chi connectivity index (χ2v) is 4.82. The zero-order valence-corrected chi connectivity index (χ0v) is 10.2. The van der Waals surface area contributed by atoms with E-state index in [2.05, 4.69) is 10.3 Å². The highest BCUT2D eigenvalue weighted by atomic mass is 16.2. The number of nitrogens with one attached hydrogen (secondary N) is 1. The van der Waals surface area contributed by atoms with Gasteiger partial charge in [-0.3, -0.25) is 9.78 Å². The molecule has 1 heterocycles. The van der Waals surface area contributed by atoms with Crippen molar-refractivity contribution in [2.24, 2.45) is 11.1 Å². The van der Waals surface area contributed by atoms with Gasteiger partial charge in [-0.05, 0) is 37.0 Å². The van der Waals surface area contributed by atoms with Crippen LogP contribution in [-0.4, -0.2) is 17.4 Å². The minimum atomic E-state index is -0.296. The van der Waals surface area contributed by atoms with Gasteiger partial charge in [0.2, 0.25) is 5.91 Å². The molecule has 2 rings (SSSR count).